The highest BCUT2D eigenvalue weighted by atomic mass is 28.4. The second-order valence-corrected chi connectivity index (χ2v) is 19.7. The van der Waals surface area contributed by atoms with Gasteiger partial charge in [0.05, 0.1) is 49.7 Å². The van der Waals surface area contributed by atoms with Crippen molar-refractivity contribution >= 4 is 43.1 Å². The number of methoxy groups -OCH3 is 1. The van der Waals surface area contributed by atoms with Crippen LogP contribution in [0.1, 0.15) is 40.4 Å². The molecule has 4 atom stereocenters. The zero-order valence-corrected chi connectivity index (χ0v) is 34.0. The number of carbonyl (C=O) groups excluding carboxylic acids is 3. The maximum atomic E-state index is 15.1. The molecule has 0 unspecified atom stereocenters. The van der Waals surface area contributed by atoms with E-state index >= 15 is 4.79 Å². The van der Waals surface area contributed by atoms with Gasteiger partial charge in [-0.05, 0) is 78.8 Å². The summed E-state index contributed by atoms with van der Waals surface area (Å²) in [4.78, 5) is 60.0. The zero-order chi connectivity index (χ0) is 40.8. The molecule has 58 heavy (non-hydrogen) atoms. The van der Waals surface area contributed by atoms with E-state index in [0.717, 1.165) is 11.1 Å². The first-order valence-corrected chi connectivity index (χ1v) is 22.6. The van der Waals surface area contributed by atoms with Crippen LogP contribution in [0, 0.1) is 5.92 Å². The molecule has 298 valence electrons. The molecule has 0 aliphatic carbocycles. The Hall–Kier alpha value is -5.79. The third-order valence-corrected chi connectivity index (χ3v) is 14.2. The number of aliphatic hydroxyl groups excluding tert-OH is 1. The third-order valence-electron chi connectivity index (χ3n) is 11.7. The minimum absolute atomic E-state index is 0.0670. The van der Waals surface area contributed by atoms with Crippen LogP contribution in [-0.2, 0) is 33.0 Å². The second-order valence-electron chi connectivity index (χ2n) is 15.7. The van der Waals surface area contributed by atoms with E-state index in [1.165, 1.54) is 0 Å². The summed E-state index contributed by atoms with van der Waals surface area (Å²) in [6.07, 6.45) is -0.834. The summed E-state index contributed by atoms with van der Waals surface area (Å²) in [6, 6.07) is 37.2. The van der Waals surface area contributed by atoms with Crippen LogP contribution in [0.4, 0.5) is 17.1 Å². The van der Waals surface area contributed by atoms with Crippen molar-refractivity contribution in [1.82, 2.24) is 4.90 Å². The molecule has 0 saturated carbocycles. The Morgan fingerprint density at radius 1 is 0.862 bits per heavy atom. The van der Waals surface area contributed by atoms with E-state index in [4.69, 9.17) is 14.2 Å². The van der Waals surface area contributed by atoms with Crippen LogP contribution in [0.15, 0.2) is 121 Å². The van der Waals surface area contributed by atoms with Gasteiger partial charge in [-0.15, -0.1) is 0 Å². The maximum Gasteiger partial charge on any atom is 0.266 e. The topological polar surface area (TPSA) is 129 Å². The molecule has 2 N–H and O–H groups in total. The van der Waals surface area contributed by atoms with E-state index in [0.29, 0.717) is 52.0 Å². The summed E-state index contributed by atoms with van der Waals surface area (Å²) >= 11 is 0. The molecular formula is C46H47N3O8Si. The number of benzene rings is 5. The Bertz CT molecular complexity index is 2350. The van der Waals surface area contributed by atoms with E-state index in [9.17, 15) is 19.5 Å². The number of hydrogen-bond acceptors (Lipinski definition) is 8. The van der Waals surface area contributed by atoms with E-state index in [-0.39, 0.29) is 43.8 Å². The number of rotatable bonds is 11. The molecule has 3 aliphatic rings. The number of hydrogen-bond donors (Lipinski definition) is 2. The van der Waals surface area contributed by atoms with Crippen molar-refractivity contribution < 1.29 is 38.5 Å². The first-order valence-electron chi connectivity index (χ1n) is 19.6. The number of carbonyl (C=O) groups is 3. The van der Waals surface area contributed by atoms with Crippen LogP contribution in [0.25, 0.3) is 0 Å². The van der Waals surface area contributed by atoms with Gasteiger partial charge in [-0.1, -0.05) is 73.7 Å². The fourth-order valence-corrected chi connectivity index (χ4v) is 11.6. The molecule has 8 rings (SSSR count). The Balaban J connectivity index is 1.11. The van der Waals surface area contributed by atoms with Crippen LogP contribution >= 0.6 is 0 Å². The molecule has 1 fully saturated rings. The standard InChI is InChI=1S/C46H47N3O8Si/c1-30-43(58(3,4)54)41(27-42(51)47(24-25-50)28-31-12-6-5-7-13-31)57-46(30)36-26-34(55-2)22-23-37(36)48(45(46)53)29-32-18-20-33(21-19-32)49-38-15-9-11-17-40(38)56-39-16-10-8-14-35(39)44(49)52/h5-23,26,30,41,43,50,54H,24-25,27-29H2,1-4H3/t30-,41+,43-,46+/m0/s1. The van der Waals surface area contributed by atoms with Crippen molar-refractivity contribution in [2.24, 2.45) is 5.92 Å². The number of ether oxygens (including phenoxy) is 3. The lowest BCUT2D eigenvalue weighted by molar-refractivity contribution is -0.150. The summed E-state index contributed by atoms with van der Waals surface area (Å²) in [7, 11) is -1.51. The molecule has 0 aromatic heterocycles. The summed E-state index contributed by atoms with van der Waals surface area (Å²) in [6.45, 7) is 6.02. The fourth-order valence-electron chi connectivity index (χ4n) is 9.06. The average Bonchev–Trinajstić information content (AvgIpc) is 3.59. The third kappa shape index (κ3) is 6.85. The number of nitrogens with zero attached hydrogens (tertiary/aromatic N) is 3. The SMILES string of the molecule is COc1ccc2c(c1)[C@@]1(O[C@H](CC(=O)N(CCO)Cc3ccccc3)[C@@H]([Si](C)(C)O)[C@@H]1C)C(=O)N2Cc1ccc(N2C(=O)c3ccccc3Oc3ccccc32)cc1. The van der Waals surface area contributed by atoms with E-state index in [2.05, 4.69) is 0 Å². The first-order chi connectivity index (χ1) is 27.9. The normalized spacial score (nSPS) is 21.0. The minimum Gasteiger partial charge on any atom is -0.497 e. The van der Waals surface area contributed by atoms with Gasteiger partial charge in [0, 0.05) is 35.8 Å². The molecule has 11 nitrogen and oxygen atoms in total. The lowest BCUT2D eigenvalue weighted by atomic mass is 9.82. The number of fused-ring (bicyclic) bond motifs is 4. The predicted molar refractivity (Wildman–Crippen MR) is 223 cm³/mol. The summed E-state index contributed by atoms with van der Waals surface area (Å²) in [5.41, 5.74) is 2.73. The molecular weight excluding hydrogens is 751 g/mol. The molecule has 5 aromatic rings. The van der Waals surface area contributed by atoms with Gasteiger partial charge >= 0.3 is 0 Å². The Morgan fingerprint density at radius 3 is 2.26 bits per heavy atom. The lowest BCUT2D eigenvalue weighted by Gasteiger charge is -2.32. The van der Waals surface area contributed by atoms with Crippen molar-refractivity contribution in [2.45, 2.75) is 56.8 Å². The molecule has 3 amide bonds. The van der Waals surface area contributed by atoms with Crippen molar-refractivity contribution in [3.8, 4) is 17.2 Å². The van der Waals surface area contributed by atoms with E-state index < -0.39 is 31.5 Å². The molecule has 5 aromatic carbocycles. The highest BCUT2D eigenvalue weighted by Gasteiger charge is 2.66. The average molecular weight is 798 g/mol. The first kappa shape index (κ1) is 39.1. The number of aliphatic hydroxyl groups is 1. The molecule has 1 saturated heterocycles. The van der Waals surface area contributed by atoms with Gasteiger partial charge in [0.15, 0.2) is 19.7 Å². The van der Waals surface area contributed by atoms with Gasteiger partial charge in [0.2, 0.25) is 5.91 Å². The van der Waals surface area contributed by atoms with E-state index in [1.807, 2.05) is 129 Å². The highest BCUT2D eigenvalue weighted by molar-refractivity contribution is 6.71. The largest absolute Gasteiger partial charge is 0.497 e. The van der Waals surface area contributed by atoms with Gasteiger partial charge in [-0.3, -0.25) is 19.3 Å². The van der Waals surface area contributed by atoms with Gasteiger partial charge in [-0.25, -0.2) is 0 Å². The van der Waals surface area contributed by atoms with Crippen molar-refractivity contribution in [3.63, 3.8) is 0 Å². The maximum absolute atomic E-state index is 15.1. The molecule has 0 radical (unpaired) electrons. The monoisotopic (exact) mass is 797 g/mol. The Morgan fingerprint density at radius 2 is 1.55 bits per heavy atom. The lowest BCUT2D eigenvalue weighted by Crippen LogP contribution is -2.46. The zero-order valence-electron chi connectivity index (χ0n) is 33.0. The number of anilines is 3. The smallest absolute Gasteiger partial charge is 0.266 e. The molecule has 0 bridgehead atoms. The van der Waals surface area contributed by atoms with Crippen LogP contribution in [0.5, 0.6) is 17.2 Å². The summed E-state index contributed by atoms with van der Waals surface area (Å²) in [5, 5.41) is 9.90. The predicted octanol–water partition coefficient (Wildman–Crippen LogP) is 7.54. The molecule has 12 heteroatoms. The summed E-state index contributed by atoms with van der Waals surface area (Å²) < 4.78 is 18.8. The quantitative estimate of drug-likeness (QED) is 0.131. The van der Waals surface area contributed by atoms with Crippen LogP contribution in [0.2, 0.25) is 18.6 Å². The van der Waals surface area contributed by atoms with E-state index in [1.54, 1.807) is 33.9 Å². The van der Waals surface area contributed by atoms with Crippen LogP contribution < -0.4 is 19.3 Å². The summed E-state index contributed by atoms with van der Waals surface area (Å²) in [5.74, 6) is 0.348. The van der Waals surface area contributed by atoms with Crippen LogP contribution in [-0.4, -0.2) is 67.2 Å². The number of amides is 3. The van der Waals surface area contributed by atoms with Crippen molar-refractivity contribution in [3.05, 3.63) is 144 Å². The second kappa shape index (κ2) is 15.5. The molecule has 3 heterocycles. The highest BCUT2D eigenvalue weighted by Crippen LogP contribution is 2.60. The van der Waals surface area contributed by atoms with Crippen molar-refractivity contribution in [1.29, 1.82) is 0 Å². The van der Waals surface area contributed by atoms with Gasteiger partial charge in [0.1, 0.15) is 11.5 Å². The Kier molecular flexibility index (Phi) is 10.4. The van der Waals surface area contributed by atoms with Crippen LogP contribution in [0.3, 0.4) is 0 Å². The minimum atomic E-state index is -3.07. The van der Waals surface area contributed by atoms with Crippen molar-refractivity contribution in [2.75, 3.05) is 30.1 Å². The van der Waals surface area contributed by atoms with Gasteiger partial charge < -0.3 is 33.9 Å². The van der Waals surface area contributed by atoms with Gasteiger partial charge in [0.25, 0.3) is 11.8 Å². The number of para-hydroxylation sites is 3. The van der Waals surface area contributed by atoms with Gasteiger partial charge in [-0.2, -0.15) is 0 Å². The molecule has 1 spiro atoms. The molecule has 3 aliphatic heterocycles. The fraction of sp³-hybridized carbons (Fsp3) is 0.283. The Labute approximate surface area is 339 Å².